The normalized spacial score (nSPS) is 16.4. The van der Waals surface area contributed by atoms with Crippen LogP contribution in [0.3, 0.4) is 0 Å². The molecule has 1 saturated carbocycles. The lowest BCUT2D eigenvalue weighted by atomic mass is 9.83. The second-order valence-electron chi connectivity index (χ2n) is 6.19. The first-order valence-electron chi connectivity index (χ1n) is 7.70. The minimum Gasteiger partial charge on any atom is -0.310 e. The van der Waals surface area contributed by atoms with Gasteiger partial charge in [-0.2, -0.15) is 0 Å². The predicted molar refractivity (Wildman–Crippen MR) is 88.2 cm³/mol. The van der Waals surface area contributed by atoms with Crippen molar-refractivity contribution >= 4 is 21.4 Å². The van der Waals surface area contributed by atoms with E-state index in [2.05, 4.69) is 23.9 Å². The first-order chi connectivity index (χ1) is 9.90. The van der Waals surface area contributed by atoms with Gasteiger partial charge in [0.25, 0.3) is 0 Å². The standard InChI is InChI=1S/C15H26N2O2S2/c1-11(2)16-9-14-15(12(3)10-20-14)21(18,19)17-8-7-13-5-4-6-13/h10-11,13,16-17H,4-9H2,1-3H3. The molecule has 0 aliphatic heterocycles. The van der Waals surface area contributed by atoms with E-state index in [-0.39, 0.29) is 0 Å². The molecule has 1 heterocycles. The molecule has 0 bridgehead atoms. The van der Waals surface area contributed by atoms with Gasteiger partial charge in [-0.05, 0) is 30.2 Å². The van der Waals surface area contributed by atoms with Crippen LogP contribution in [0.15, 0.2) is 10.3 Å². The smallest absolute Gasteiger partial charge is 0.241 e. The fourth-order valence-electron chi connectivity index (χ4n) is 2.52. The molecule has 4 nitrogen and oxygen atoms in total. The fraction of sp³-hybridized carbons (Fsp3) is 0.733. The van der Waals surface area contributed by atoms with Crippen LogP contribution in [0.25, 0.3) is 0 Å². The van der Waals surface area contributed by atoms with Crippen LogP contribution in [0.5, 0.6) is 0 Å². The van der Waals surface area contributed by atoms with Gasteiger partial charge in [-0.25, -0.2) is 13.1 Å². The summed E-state index contributed by atoms with van der Waals surface area (Å²) in [6, 6.07) is 0.342. The molecule has 2 N–H and O–H groups in total. The average Bonchev–Trinajstić information content (AvgIpc) is 2.72. The number of hydrogen-bond donors (Lipinski definition) is 2. The molecule has 6 heteroatoms. The molecule has 0 spiro atoms. The Morgan fingerprint density at radius 3 is 2.67 bits per heavy atom. The zero-order valence-electron chi connectivity index (χ0n) is 13.1. The molecule has 0 amide bonds. The van der Waals surface area contributed by atoms with Crippen molar-refractivity contribution in [3.8, 4) is 0 Å². The number of thiophene rings is 1. The molecule has 0 radical (unpaired) electrons. The molecule has 1 aromatic rings. The fourth-order valence-corrected chi connectivity index (χ4v) is 5.32. The van der Waals surface area contributed by atoms with Crippen LogP contribution in [-0.2, 0) is 16.6 Å². The second-order valence-corrected chi connectivity index (χ2v) is 8.86. The van der Waals surface area contributed by atoms with E-state index in [9.17, 15) is 8.42 Å². The molecule has 0 saturated heterocycles. The summed E-state index contributed by atoms with van der Waals surface area (Å²) in [6.07, 6.45) is 4.76. The summed E-state index contributed by atoms with van der Waals surface area (Å²) in [6.45, 7) is 7.15. The molecule has 120 valence electrons. The van der Waals surface area contributed by atoms with Gasteiger partial charge in [0, 0.05) is 24.0 Å². The minimum absolute atomic E-state index is 0.342. The quantitative estimate of drug-likeness (QED) is 0.770. The van der Waals surface area contributed by atoms with Gasteiger partial charge in [0.1, 0.15) is 4.90 Å². The highest BCUT2D eigenvalue weighted by Crippen LogP contribution is 2.30. The summed E-state index contributed by atoms with van der Waals surface area (Å²) in [5.74, 6) is 0.721. The van der Waals surface area contributed by atoms with E-state index in [4.69, 9.17) is 0 Å². The Labute approximate surface area is 132 Å². The van der Waals surface area contributed by atoms with Crippen molar-refractivity contribution in [1.82, 2.24) is 10.0 Å². The Morgan fingerprint density at radius 2 is 2.10 bits per heavy atom. The number of aryl methyl sites for hydroxylation is 1. The first-order valence-corrected chi connectivity index (χ1v) is 10.1. The van der Waals surface area contributed by atoms with E-state index in [1.54, 1.807) is 0 Å². The van der Waals surface area contributed by atoms with Crippen LogP contribution in [0, 0.1) is 12.8 Å². The summed E-state index contributed by atoms with van der Waals surface area (Å²) in [7, 11) is -3.39. The summed E-state index contributed by atoms with van der Waals surface area (Å²) >= 11 is 1.52. The summed E-state index contributed by atoms with van der Waals surface area (Å²) in [4.78, 5) is 1.38. The van der Waals surface area contributed by atoms with Gasteiger partial charge in [0.2, 0.25) is 10.0 Å². The third kappa shape index (κ3) is 4.52. The third-order valence-electron chi connectivity index (χ3n) is 4.00. The SMILES string of the molecule is Cc1csc(CNC(C)C)c1S(=O)(=O)NCCC1CCC1. The van der Waals surface area contributed by atoms with Crippen LogP contribution in [0.1, 0.15) is 50.0 Å². The highest BCUT2D eigenvalue weighted by molar-refractivity contribution is 7.89. The Kier molecular flexibility index (Phi) is 5.82. The summed E-state index contributed by atoms with van der Waals surface area (Å²) < 4.78 is 27.9. The third-order valence-corrected chi connectivity index (χ3v) is 6.92. The first kappa shape index (κ1) is 16.9. The van der Waals surface area contributed by atoms with E-state index < -0.39 is 10.0 Å². The predicted octanol–water partition coefficient (Wildman–Crippen LogP) is 3.02. The summed E-state index contributed by atoms with van der Waals surface area (Å²) in [5.41, 5.74) is 0.844. The average molecular weight is 331 g/mol. The molecule has 1 aliphatic carbocycles. The molecule has 1 fully saturated rings. The zero-order chi connectivity index (χ0) is 15.5. The van der Waals surface area contributed by atoms with Gasteiger partial charge in [0.15, 0.2) is 0 Å². The Morgan fingerprint density at radius 1 is 1.38 bits per heavy atom. The maximum Gasteiger partial charge on any atom is 0.241 e. The van der Waals surface area contributed by atoms with Crippen LogP contribution in [-0.4, -0.2) is 21.0 Å². The lowest BCUT2D eigenvalue weighted by molar-refractivity contribution is 0.297. The maximum atomic E-state index is 12.5. The van der Waals surface area contributed by atoms with Gasteiger partial charge < -0.3 is 5.32 Å². The molecule has 1 aliphatic rings. The highest BCUT2D eigenvalue weighted by atomic mass is 32.2. The minimum atomic E-state index is -3.39. The number of sulfonamides is 1. The number of hydrogen-bond acceptors (Lipinski definition) is 4. The van der Waals surface area contributed by atoms with E-state index in [1.807, 2.05) is 12.3 Å². The second kappa shape index (κ2) is 7.22. The Bertz CT molecular complexity index is 560. The van der Waals surface area contributed by atoms with Gasteiger partial charge in [0.05, 0.1) is 0 Å². The van der Waals surface area contributed by atoms with Crippen molar-refractivity contribution < 1.29 is 8.42 Å². The monoisotopic (exact) mass is 330 g/mol. The van der Waals surface area contributed by atoms with E-state index in [1.165, 1.54) is 30.6 Å². The van der Waals surface area contributed by atoms with Crippen LogP contribution in [0.2, 0.25) is 0 Å². The molecular weight excluding hydrogens is 304 g/mol. The van der Waals surface area contributed by atoms with Gasteiger partial charge in [-0.3, -0.25) is 0 Å². The van der Waals surface area contributed by atoms with Crippen LogP contribution >= 0.6 is 11.3 Å². The number of nitrogens with one attached hydrogen (secondary N) is 2. The van der Waals surface area contributed by atoms with Crippen molar-refractivity contribution in [2.75, 3.05) is 6.54 Å². The van der Waals surface area contributed by atoms with Gasteiger partial charge in [-0.1, -0.05) is 33.1 Å². The Hall–Kier alpha value is -0.430. The van der Waals surface area contributed by atoms with Gasteiger partial charge >= 0.3 is 0 Å². The van der Waals surface area contributed by atoms with E-state index in [0.29, 0.717) is 24.0 Å². The van der Waals surface area contributed by atoms with Crippen molar-refractivity contribution in [2.24, 2.45) is 5.92 Å². The lowest BCUT2D eigenvalue weighted by Gasteiger charge is -2.25. The summed E-state index contributed by atoms with van der Waals surface area (Å²) in [5, 5.41) is 5.23. The molecule has 1 aromatic heterocycles. The van der Waals surface area contributed by atoms with Crippen molar-refractivity contribution in [1.29, 1.82) is 0 Å². The zero-order valence-corrected chi connectivity index (χ0v) is 14.7. The van der Waals surface area contributed by atoms with E-state index >= 15 is 0 Å². The molecule has 0 aromatic carbocycles. The molecular formula is C15H26N2O2S2. The highest BCUT2D eigenvalue weighted by Gasteiger charge is 2.24. The molecule has 0 unspecified atom stereocenters. The largest absolute Gasteiger partial charge is 0.310 e. The topological polar surface area (TPSA) is 58.2 Å². The van der Waals surface area contributed by atoms with E-state index in [0.717, 1.165) is 22.8 Å². The van der Waals surface area contributed by atoms with Crippen LogP contribution < -0.4 is 10.0 Å². The molecule has 2 rings (SSSR count). The Balaban J connectivity index is 2.01. The van der Waals surface area contributed by atoms with Crippen molar-refractivity contribution in [3.05, 3.63) is 15.8 Å². The number of rotatable bonds is 8. The lowest BCUT2D eigenvalue weighted by Crippen LogP contribution is -2.29. The van der Waals surface area contributed by atoms with Crippen molar-refractivity contribution in [2.45, 2.75) is 63.9 Å². The maximum absolute atomic E-state index is 12.5. The molecule has 21 heavy (non-hydrogen) atoms. The van der Waals surface area contributed by atoms with Crippen LogP contribution in [0.4, 0.5) is 0 Å². The van der Waals surface area contributed by atoms with Crippen molar-refractivity contribution in [3.63, 3.8) is 0 Å². The van der Waals surface area contributed by atoms with Gasteiger partial charge in [-0.15, -0.1) is 11.3 Å². The molecule has 0 atom stereocenters.